The highest BCUT2D eigenvalue weighted by atomic mass is 32.2. The third-order valence-corrected chi connectivity index (χ3v) is 5.87. The van der Waals surface area contributed by atoms with Gasteiger partial charge in [-0.25, -0.2) is 9.59 Å². The molecule has 1 atom stereocenters. The fourth-order valence-corrected chi connectivity index (χ4v) is 3.91. The number of alkyl carbamates (subject to hydrolysis) is 1. The van der Waals surface area contributed by atoms with Crippen LogP contribution in [0.15, 0.2) is 93.6 Å². The van der Waals surface area contributed by atoms with Gasteiger partial charge in [-0.3, -0.25) is 10.1 Å². The molecule has 3 N–H and O–H groups in total. The maximum Gasteiger partial charge on any atom is 0.436 e. The number of methoxy groups -OCH3 is 2. The van der Waals surface area contributed by atoms with Crippen molar-refractivity contribution in [3.05, 3.63) is 84.4 Å². The van der Waals surface area contributed by atoms with E-state index in [-0.39, 0.29) is 17.3 Å². The van der Waals surface area contributed by atoms with Crippen LogP contribution in [0.1, 0.15) is 10.4 Å². The number of carbonyl (C=O) groups excluding carboxylic acids is 3. The average Bonchev–Trinajstić information content (AvgIpc) is 2.89. The van der Waals surface area contributed by atoms with Crippen molar-refractivity contribution < 1.29 is 28.4 Å². The van der Waals surface area contributed by atoms with Crippen LogP contribution in [0.4, 0.5) is 21.0 Å². The summed E-state index contributed by atoms with van der Waals surface area (Å²) < 4.78 is 22.2. The van der Waals surface area contributed by atoms with Crippen molar-refractivity contribution in [1.82, 2.24) is 5.32 Å². The molecule has 0 aliphatic heterocycles. The Morgan fingerprint density at radius 3 is 2.09 bits per heavy atom. The van der Waals surface area contributed by atoms with E-state index in [1.54, 1.807) is 66.7 Å². The molecule has 3 rings (SSSR count). The van der Waals surface area contributed by atoms with Gasteiger partial charge in [-0.1, -0.05) is 36.4 Å². The minimum absolute atomic E-state index is 0.204. The lowest BCUT2D eigenvalue weighted by Gasteiger charge is -2.17. The summed E-state index contributed by atoms with van der Waals surface area (Å²) in [5.41, 5.74) is 0.888. The molecular weight excluding hydrogens is 472 g/mol. The van der Waals surface area contributed by atoms with Crippen molar-refractivity contribution in [2.75, 3.05) is 24.9 Å². The lowest BCUT2D eigenvalue weighted by Crippen LogP contribution is -2.36. The van der Waals surface area contributed by atoms with Crippen LogP contribution in [0.3, 0.4) is 0 Å². The number of carbonyl (C=O) groups is 3. The molecule has 35 heavy (non-hydrogen) atoms. The average molecular weight is 495 g/mol. The minimum atomic E-state index is -1.55. The number of anilines is 2. The number of ether oxygens (including phenoxy) is 2. The first-order valence-electron chi connectivity index (χ1n) is 10.2. The fraction of sp³-hybridized carbons (Fsp3) is 0.0833. The van der Waals surface area contributed by atoms with Crippen molar-refractivity contribution >= 4 is 46.6 Å². The van der Waals surface area contributed by atoms with E-state index >= 15 is 0 Å². The number of amides is 3. The largest absolute Gasteiger partial charge is 0.606 e. The lowest BCUT2D eigenvalue weighted by atomic mass is 10.2. The minimum Gasteiger partial charge on any atom is -0.606 e. The van der Waals surface area contributed by atoms with Crippen LogP contribution in [-0.4, -0.2) is 42.8 Å². The number of aliphatic imine (C=N–C) groups is 1. The summed E-state index contributed by atoms with van der Waals surface area (Å²) in [6.07, 6.45) is -1.90. The molecule has 0 bridgehead atoms. The van der Waals surface area contributed by atoms with Crippen LogP contribution in [-0.2, 0) is 20.6 Å². The van der Waals surface area contributed by atoms with Gasteiger partial charge in [-0.15, -0.1) is 4.99 Å². The molecule has 3 aromatic carbocycles. The maximum absolute atomic E-state index is 13.1. The van der Waals surface area contributed by atoms with Gasteiger partial charge in [-0.2, -0.15) is 0 Å². The molecule has 0 saturated heterocycles. The Bertz CT molecular complexity index is 1220. The van der Waals surface area contributed by atoms with E-state index in [1.165, 1.54) is 6.07 Å². The summed E-state index contributed by atoms with van der Waals surface area (Å²) >= 11 is -1.55. The molecule has 0 radical (unpaired) electrons. The summed E-state index contributed by atoms with van der Waals surface area (Å²) in [5.74, 6) is -0.737. The van der Waals surface area contributed by atoms with Crippen LogP contribution in [0.5, 0.6) is 0 Å². The molecule has 0 aliphatic rings. The Morgan fingerprint density at radius 2 is 1.46 bits per heavy atom. The first-order valence-corrected chi connectivity index (χ1v) is 11.3. The van der Waals surface area contributed by atoms with Gasteiger partial charge in [0.15, 0.2) is 9.79 Å². The molecule has 11 heteroatoms. The Hall–Kier alpha value is -4.35. The zero-order chi connectivity index (χ0) is 25.2. The molecule has 10 nitrogen and oxygen atoms in total. The topological polar surface area (TPSA) is 141 Å². The summed E-state index contributed by atoms with van der Waals surface area (Å²) in [6.45, 7) is 0. The molecule has 0 spiro atoms. The van der Waals surface area contributed by atoms with Gasteiger partial charge in [0.2, 0.25) is 5.96 Å². The number of hydrogen-bond acceptors (Lipinski definition) is 6. The first kappa shape index (κ1) is 25.3. The van der Waals surface area contributed by atoms with Gasteiger partial charge in [0.25, 0.3) is 5.91 Å². The second kappa shape index (κ2) is 12.2. The molecule has 0 heterocycles. The van der Waals surface area contributed by atoms with Gasteiger partial charge in [0.1, 0.15) is 0 Å². The van der Waals surface area contributed by atoms with Gasteiger partial charge in [0.05, 0.1) is 25.6 Å². The first-order chi connectivity index (χ1) is 16.9. The quantitative estimate of drug-likeness (QED) is 0.277. The molecular formula is C24H22N4O6S. The molecule has 3 amide bonds. The Balaban J connectivity index is 2.00. The lowest BCUT2D eigenvalue weighted by molar-refractivity contribution is 0.102. The molecule has 180 valence electrons. The number of rotatable bonds is 5. The summed E-state index contributed by atoms with van der Waals surface area (Å²) in [6, 6.07) is 22.0. The summed E-state index contributed by atoms with van der Waals surface area (Å²) in [7, 11) is 2.26. The van der Waals surface area contributed by atoms with Crippen molar-refractivity contribution in [1.29, 1.82) is 0 Å². The normalized spacial score (nSPS) is 11.7. The number of guanidine groups is 1. The van der Waals surface area contributed by atoms with Crippen molar-refractivity contribution in [3.8, 4) is 0 Å². The second-order valence-corrected chi connectivity index (χ2v) is 8.26. The molecule has 1 unspecified atom stereocenters. The predicted molar refractivity (Wildman–Crippen MR) is 131 cm³/mol. The molecule has 0 fully saturated rings. The van der Waals surface area contributed by atoms with Crippen LogP contribution < -0.4 is 16.0 Å². The van der Waals surface area contributed by atoms with E-state index in [1.807, 2.05) is 6.07 Å². The van der Waals surface area contributed by atoms with Crippen molar-refractivity contribution in [2.45, 2.75) is 9.79 Å². The SMILES string of the molecule is COC(=O)/N=C(/NC(=O)OC)Nc1cc([S+]([O-])c2ccccc2)ccc1NC(=O)c1ccccc1. The van der Waals surface area contributed by atoms with Gasteiger partial charge in [-0.05, 0) is 36.4 Å². The number of hydrogen-bond donors (Lipinski definition) is 3. The van der Waals surface area contributed by atoms with E-state index in [2.05, 4.69) is 30.4 Å². The van der Waals surface area contributed by atoms with Crippen LogP contribution in [0.2, 0.25) is 0 Å². The Morgan fingerprint density at radius 1 is 0.800 bits per heavy atom. The van der Waals surface area contributed by atoms with E-state index < -0.39 is 29.3 Å². The maximum atomic E-state index is 13.1. The zero-order valence-electron chi connectivity index (χ0n) is 18.8. The molecule has 0 aromatic heterocycles. The molecule has 0 saturated carbocycles. The Kier molecular flexibility index (Phi) is 8.82. The van der Waals surface area contributed by atoms with E-state index in [0.717, 1.165) is 14.2 Å². The van der Waals surface area contributed by atoms with Gasteiger partial charge in [0, 0.05) is 22.8 Å². The summed E-state index contributed by atoms with van der Waals surface area (Å²) in [5, 5.41) is 7.79. The van der Waals surface area contributed by atoms with Crippen LogP contribution in [0, 0.1) is 0 Å². The van der Waals surface area contributed by atoms with Crippen LogP contribution >= 0.6 is 0 Å². The number of benzene rings is 3. The van der Waals surface area contributed by atoms with E-state index in [0.29, 0.717) is 15.4 Å². The van der Waals surface area contributed by atoms with Gasteiger partial charge < -0.3 is 24.7 Å². The third-order valence-electron chi connectivity index (χ3n) is 4.48. The van der Waals surface area contributed by atoms with E-state index in [4.69, 9.17) is 0 Å². The smallest absolute Gasteiger partial charge is 0.436 e. The predicted octanol–water partition coefficient (Wildman–Crippen LogP) is 4.00. The van der Waals surface area contributed by atoms with Crippen molar-refractivity contribution in [2.24, 2.45) is 4.99 Å². The molecule has 3 aromatic rings. The Labute approximate surface area is 204 Å². The van der Waals surface area contributed by atoms with E-state index in [9.17, 15) is 18.9 Å². The zero-order valence-corrected chi connectivity index (χ0v) is 19.6. The highest BCUT2D eigenvalue weighted by Gasteiger charge is 2.20. The highest BCUT2D eigenvalue weighted by molar-refractivity contribution is 7.91. The van der Waals surface area contributed by atoms with Gasteiger partial charge >= 0.3 is 12.2 Å². The van der Waals surface area contributed by atoms with Crippen LogP contribution in [0.25, 0.3) is 0 Å². The van der Waals surface area contributed by atoms with Crippen molar-refractivity contribution in [3.63, 3.8) is 0 Å². The summed E-state index contributed by atoms with van der Waals surface area (Å²) in [4.78, 5) is 40.8. The second-order valence-electron chi connectivity index (χ2n) is 6.78. The number of nitrogens with zero attached hydrogens (tertiary/aromatic N) is 1. The fourth-order valence-electron chi connectivity index (χ4n) is 2.81. The third kappa shape index (κ3) is 7.06. The number of nitrogens with one attached hydrogen (secondary N) is 3. The molecule has 0 aliphatic carbocycles. The monoisotopic (exact) mass is 494 g/mol. The highest BCUT2D eigenvalue weighted by Crippen LogP contribution is 2.29. The standard InChI is InChI=1S/C24H22N4O6S/c1-33-23(30)27-22(28-24(31)34-2)26-20-15-18(35(32)17-11-7-4-8-12-17)13-14-19(20)25-21(29)16-9-5-3-6-10-16/h3-15H,1-2H3,(H,25,29)(H2,26,27,28,30,31).